The summed E-state index contributed by atoms with van der Waals surface area (Å²) in [6.07, 6.45) is 1.33. The minimum atomic E-state index is -0.968. The van der Waals surface area contributed by atoms with E-state index in [4.69, 9.17) is 5.11 Å². The second-order valence-electron chi connectivity index (χ2n) is 6.52. The molecule has 1 aromatic rings. The van der Waals surface area contributed by atoms with Gasteiger partial charge in [0.25, 0.3) is 5.91 Å². The van der Waals surface area contributed by atoms with Crippen LogP contribution in [-0.2, 0) is 9.59 Å². The predicted molar refractivity (Wildman–Crippen MR) is 89.4 cm³/mol. The molecule has 1 heterocycles. The second kappa shape index (κ2) is 8.09. The van der Waals surface area contributed by atoms with Gasteiger partial charge in [-0.25, -0.2) is 4.39 Å². The number of halogens is 1. The van der Waals surface area contributed by atoms with Crippen LogP contribution in [0.2, 0.25) is 0 Å². The van der Waals surface area contributed by atoms with Crippen molar-refractivity contribution in [3.05, 3.63) is 35.6 Å². The van der Waals surface area contributed by atoms with Gasteiger partial charge in [-0.05, 0) is 51.0 Å². The van der Waals surface area contributed by atoms with Crippen molar-refractivity contribution < 1.29 is 23.9 Å². The average molecular weight is 350 g/mol. The molecule has 6 nitrogen and oxygen atoms in total. The monoisotopic (exact) mass is 350 g/mol. The van der Waals surface area contributed by atoms with Crippen molar-refractivity contribution >= 4 is 17.8 Å². The van der Waals surface area contributed by atoms with Crippen LogP contribution in [0, 0.1) is 17.7 Å². The molecule has 0 aromatic heterocycles. The number of hydrogen-bond acceptors (Lipinski definition) is 3. The van der Waals surface area contributed by atoms with E-state index in [-0.39, 0.29) is 24.3 Å². The minimum Gasteiger partial charge on any atom is -0.481 e. The van der Waals surface area contributed by atoms with Crippen molar-refractivity contribution in [3.63, 3.8) is 0 Å². The highest BCUT2D eigenvalue weighted by atomic mass is 19.1. The first-order chi connectivity index (χ1) is 11.8. The van der Waals surface area contributed by atoms with E-state index in [0.29, 0.717) is 24.9 Å². The standard InChI is InChI=1S/C18H23FN2O4/c1-11(18(24)25)12(2)20-16(22)14-4-3-9-21(10-14)17(23)13-5-7-15(19)8-6-13/h5-8,11-12,14H,3-4,9-10H2,1-2H3,(H,20,22)(H,24,25). The van der Waals surface area contributed by atoms with Crippen LogP contribution >= 0.6 is 0 Å². The molecule has 3 unspecified atom stereocenters. The van der Waals surface area contributed by atoms with Crippen molar-refractivity contribution in [2.24, 2.45) is 11.8 Å². The quantitative estimate of drug-likeness (QED) is 0.849. The Balaban J connectivity index is 1.97. The summed E-state index contributed by atoms with van der Waals surface area (Å²) < 4.78 is 13.0. The molecular formula is C18H23FN2O4. The van der Waals surface area contributed by atoms with Crippen LogP contribution in [0.15, 0.2) is 24.3 Å². The zero-order chi connectivity index (χ0) is 18.6. The number of likely N-dealkylation sites (tertiary alicyclic amines) is 1. The smallest absolute Gasteiger partial charge is 0.308 e. The molecule has 0 spiro atoms. The van der Waals surface area contributed by atoms with E-state index in [2.05, 4.69) is 5.32 Å². The fourth-order valence-electron chi connectivity index (χ4n) is 2.83. The van der Waals surface area contributed by atoms with Gasteiger partial charge in [0.15, 0.2) is 0 Å². The second-order valence-corrected chi connectivity index (χ2v) is 6.52. The van der Waals surface area contributed by atoms with Gasteiger partial charge in [0, 0.05) is 24.7 Å². The number of rotatable bonds is 5. The molecule has 136 valence electrons. The number of hydrogen-bond donors (Lipinski definition) is 2. The van der Waals surface area contributed by atoms with Gasteiger partial charge in [-0.3, -0.25) is 14.4 Å². The molecule has 2 amide bonds. The number of amides is 2. The molecule has 2 rings (SSSR count). The SMILES string of the molecule is CC(NC(=O)C1CCCN(C(=O)c2ccc(F)cc2)C1)C(C)C(=O)O. The first-order valence-electron chi connectivity index (χ1n) is 8.37. The van der Waals surface area contributed by atoms with Crippen molar-refractivity contribution in [2.45, 2.75) is 32.7 Å². The Kier molecular flexibility index (Phi) is 6.12. The highest BCUT2D eigenvalue weighted by Crippen LogP contribution is 2.20. The van der Waals surface area contributed by atoms with Crippen molar-refractivity contribution in [1.82, 2.24) is 10.2 Å². The highest BCUT2D eigenvalue weighted by molar-refractivity contribution is 5.94. The number of piperidine rings is 1. The summed E-state index contributed by atoms with van der Waals surface area (Å²) in [7, 11) is 0. The Morgan fingerprint density at radius 1 is 1.24 bits per heavy atom. The van der Waals surface area contributed by atoms with Crippen LogP contribution in [0.5, 0.6) is 0 Å². The summed E-state index contributed by atoms with van der Waals surface area (Å²) in [5.41, 5.74) is 0.385. The minimum absolute atomic E-state index is 0.232. The molecule has 25 heavy (non-hydrogen) atoms. The molecule has 0 radical (unpaired) electrons. The first kappa shape index (κ1) is 18.9. The van der Waals surface area contributed by atoms with Crippen LogP contribution in [0.1, 0.15) is 37.0 Å². The van der Waals surface area contributed by atoms with Gasteiger partial charge in [-0.2, -0.15) is 0 Å². The van der Waals surface area contributed by atoms with Crippen LogP contribution < -0.4 is 5.32 Å². The van der Waals surface area contributed by atoms with E-state index in [9.17, 15) is 18.8 Å². The number of aliphatic carboxylic acids is 1. The average Bonchev–Trinajstić information content (AvgIpc) is 2.61. The van der Waals surface area contributed by atoms with E-state index < -0.39 is 23.7 Å². The third kappa shape index (κ3) is 4.78. The van der Waals surface area contributed by atoms with E-state index in [1.165, 1.54) is 24.3 Å². The van der Waals surface area contributed by atoms with E-state index in [1.54, 1.807) is 18.7 Å². The molecule has 0 bridgehead atoms. The molecule has 0 aliphatic carbocycles. The Morgan fingerprint density at radius 2 is 1.88 bits per heavy atom. The fourth-order valence-corrected chi connectivity index (χ4v) is 2.83. The van der Waals surface area contributed by atoms with Gasteiger partial charge < -0.3 is 15.3 Å². The van der Waals surface area contributed by atoms with Crippen LogP contribution in [0.25, 0.3) is 0 Å². The molecule has 1 aliphatic rings. The number of nitrogens with zero attached hydrogens (tertiary/aromatic N) is 1. The highest BCUT2D eigenvalue weighted by Gasteiger charge is 2.31. The van der Waals surface area contributed by atoms with E-state index in [0.717, 1.165) is 0 Å². The van der Waals surface area contributed by atoms with Gasteiger partial charge in [0.1, 0.15) is 5.82 Å². The molecule has 1 aromatic carbocycles. The van der Waals surface area contributed by atoms with E-state index >= 15 is 0 Å². The van der Waals surface area contributed by atoms with Crippen molar-refractivity contribution in [2.75, 3.05) is 13.1 Å². The summed E-state index contributed by atoms with van der Waals surface area (Å²) >= 11 is 0. The van der Waals surface area contributed by atoms with Crippen molar-refractivity contribution in [1.29, 1.82) is 0 Å². The lowest BCUT2D eigenvalue weighted by atomic mass is 9.95. The molecular weight excluding hydrogens is 327 g/mol. The van der Waals surface area contributed by atoms with Crippen molar-refractivity contribution in [3.8, 4) is 0 Å². The zero-order valence-electron chi connectivity index (χ0n) is 14.4. The number of benzene rings is 1. The lowest BCUT2D eigenvalue weighted by Crippen LogP contribution is -2.48. The lowest BCUT2D eigenvalue weighted by molar-refractivity contribution is -0.142. The third-order valence-electron chi connectivity index (χ3n) is 4.68. The lowest BCUT2D eigenvalue weighted by Gasteiger charge is -2.33. The topological polar surface area (TPSA) is 86.7 Å². The first-order valence-corrected chi connectivity index (χ1v) is 8.37. The molecule has 2 N–H and O–H groups in total. The molecule has 0 saturated carbocycles. The summed E-state index contributed by atoms with van der Waals surface area (Å²) in [6.45, 7) is 4.01. The maximum absolute atomic E-state index is 13.0. The number of nitrogens with one attached hydrogen (secondary N) is 1. The number of carbonyl (C=O) groups is 3. The maximum atomic E-state index is 13.0. The number of carbonyl (C=O) groups excluding carboxylic acids is 2. The zero-order valence-corrected chi connectivity index (χ0v) is 14.4. The van der Waals surface area contributed by atoms with Gasteiger partial charge in [-0.1, -0.05) is 0 Å². The molecule has 1 fully saturated rings. The molecule has 1 aliphatic heterocycles. The molecule has 1 saturated heterocycles. The maximum Gasteiger partial charge on any atom is 0.308 e. The predicted octanol–water partition coefficient (Wildman–Crippen LogP) is 1.90. The summed E-state index contributed by atoms with van der Waals surface area (Å²) in [5, 5.41) is 11.7. The van der Waals surface area contributed by atoms with Crippen LogP contribution in [0.4, 0.5) is 4.39 Å². The van der Waals surface area contributed by atoms with Crippen LogP contribution in [-0.4, -0.2) is 46.9 Å². The van der Waals surface area contributed by atoms with Gasteiger partial charge in [-0.15, -0.1) is 0 Å². The normalized spacial score (nSPS) is 19.8. The van der Waals surface area contributed by atoms with Crippen LogP contribution in [0.3, 0.4) is 0 Å². The Bertz CT molecular complexity index is 647. The number of carboxylic acids is 1. The Labute approximate surface area is 146 Å². The summed E-state index contributed by atoms with van der Waals surface area (Å²) in [4.78, 5) is 37.5. The molecule has 3 atom stereocenters. The van der Waals surface area contributed by atoms with Gasteiger partial charge in [0.2, 0.25) is 5.91 Å². The number of carboxylic acid groups (broad SMARTS) is 1. The summed E-state index contributed by atoms with van der Waals surface area (Å²) in [5.74, 6) is -2.91. The fraction of sp³-hybridized carbons (Fsp3) is 0.500. The van der Waals surface area contributed by atoms with Gasteiger partial charge >= 0.3 is 5.97 Å². The Morgan fingerprint density at radius 3 is 2.48 bits per heavy atom. The third-order valence-corrected chi connectivity index (χ3v) is 4.68. The van der Waals surface area contributed by atoms with Gasteiger partial charge in [0.05, 0.1) is 11.8 Å². The Hall–Kier alpha value is -2.44. The summed E-state index contributed by atoms with van der Waals surface area (Å²) in [6, 6.07) is 4.83. The molecule has 7 heteroatoms. The van der Waals surface area contributed by atoms with E-state index in [1.807, 2.05) is 0 Å². The largest absolute Gasteiger partial charge is 0.481 e.